The number of carboxylic acid groups (broad SMARTS) is 1. The normalized spacial score (nSPS) is 27.0. The third-order valence-electron chi connectivity index (χ3n) is 6.35. The molecule has 8 nitrogen and oxygen atoms in total. The van der Waals surface area contributed by atoms with E-state index in [4.69, 9.17) is 4.74 Å². The molecule has 4 unspecified atom stereocenters. The smallest absolute Gasteiger partial charge is 0.327 e. The molecule has 0 aliphatic carbocycles. The molecule has 2 heterocycles. The number of carbonyl (C=O) groups excluding carboxylic acids is 2. The molecule has 0 spiro atoms. The van der Waals surface area contributed by atoms with Crippen molar-refractivity contribution in [1.82, 2.24) is 5.32 Å². The molecular weight excluding hydrogens is 412 g/mol. The van der Waals surface area contributed by atoms with E-state index < -0.39 is 47.8 Å². The minimum atomic E-state index is -1.96. The zero-order valence-electron chi connectivity index (χ0n) is 17.9. The Bertz CT molecular complexity index is 1050. The lowest BCUT2D eigenvalue weighted by atomic mass is 9.79. The third-order valence-corrected chi connectivity index (χ3v) is 6.35. The minimum absolute atomic E-state index is 0.427. The molecule has 2 aromatic carbocycles. The van der Waals surface area contributed by atoms with Crippen molar-refractivity contribution in [2.24, 2.45) is 11.8 Å². The van der Waals surface area contributed by atoms with Crippen LogP contribution in [0.4, 0.5) is 5.69 Å². The van der Waals surface area contributed by atoms with Crippen LogP contribution in [-0.4, -0.2) is 46.7 Å². The summed E-state index contributed by atoms with van der Waals surface area (Å²) in [6.45, 7) is 3.53. The number of anilines is 1. The average molecular weight is 438 g/mol. The van der Waals surface area contributed by atoms with E-state index in [0.29, 0.717) is 23.6 Å². The summed E-state index contributed by atoms with van der Waals surface area (Å²) in [5.41, 5.74) is -0.165. The monoisotopic (exact) mass is 438 g/mol. The number of fused-ring (bicyclic) bond motifs is 1. The van der Waals surface area contributed by atoms with Crippen LogP contribution in [0.5, 0.6) is 5.75 Å². The zero-order valence-corrected chi connectivity index (χ0v) is 17.9. The number of rotatable bonds is 7. The number of hydrogen-bond donors (Lipinski definition) is 3. The number of aliphatic carboxylic acids is 1. The number of hydrogen-bond acceptors (Lipinski definition) is 6. The van der Waals surface area contributed by atoms with Gasteiger partial charge in [0.2, 0.25) is 11.8 Å². The molecule has 0 aromatic heterocycles. The molecule has 2 aromatic rings. The molecule has 2 amide bonds. The van der Waals surface area contributed by atoms with E-state index in [2.05, 4.69) is 5.32 Å². The summed E-state index contributed by atoms with van der Waals surface area (Å²) in [4.78, 5) is 40.3. The Labute approximate surface area is 185 Å². The van der Waals surface area contributed by atoms with E-state index in [1.807, 2.05) is 6.92 Å². The number of aliphatic hydroxyl groups is 1. The van der Waals surface area contributed by atoms with Gasteiger partial charge in [0.15, 0.2) is 5.54 Å². The SMILES string of the molecule is CCCOc1ccc(C2NC(CO)(C(=O)O)C3C(=O)N(c4ccccc4C)C(=O)C23)cc1. The van der Waals surface area contributed by atoms with E-state index in [1.54, 1.807) is 55.5 Å². The molecule has 168 valence electrons. The van der Waals surface area contributed by atoms with Crippen LogP contribution >= 0.6 is 0 Å². The first kappa shape index (κ1) is 22.0. The van der Waals surface area contributed by atoms with Crippen molar-refractivity contribution in [2.75, 3.05) is 18.1 Å². The molecule has 4 atom stereocenters. The van der Waals surface area contributed by atoms with E-state index in [0.717, 1.165) is 16.9 Å². The van der Waals surface area contributed by atoms with Gasteiger partial charge in [0.25, 0.3) is 0 Å². The lowest BCUT2D eigenvalue weighted by molar-refractivity contribution is -0.150. The van der Waals surface area contributed by atoms with Crippen molar-refractivity contribution in [1.29, 1.82) is 0 Å². The molecule has 2 aliphatic rings. The van der Waals surface area contributed by atoms with Gasteiger partial charge in [0, 0.05) is 6.04 Å². The summed E-state index contributed by atoms with van der Waals surface area (Å²) in [6.07, 6.45) is 0.860. The molecule has 3 N–H and O–H groups in total. The molecule has 0 bridgehead atoms. The number of nitrogens with zero attached hydrogens (tertiary/aromatic N) is 1. The first-order chi connectivity index (χ1) is 15.4. The number of amides is 2. The van der Waals surface area contributed by atoms with E-state index >= 15 is 0 Å². The van der Waals surface area contributed by atoms with Crippen molar-refractivity contribution < 1.29 is 29.3 Å². The summed E-state index contributed by atoms with van der Waals surface area (Å²) in [5, 5.41) is 23.0. The van der Waals surface area contributed by atoms with Gasteiger partial charge in [-0.15, -0.1) is 0 Å². The lowest BCUT2D eigenvalue weighted by Crippen LogP contribution is -2.58. The topological polar surface area (TPSA) is 116 Å². The molecule has 2 saturated heterocycles. The van der Waals surface area contributed by atoms with Crippen molar-refractivity contribution in [3.8, 4) is 5.75 Å². The third kappa shape index (κ3) is 3.27. The fraction of sp³-hybridized carbons (Fsp3) is 0.375. The molecular formula is C24H26N2O6. The molecule has 2 fully saturated rings. The van der Waals surface area contributed by atoms with Crippen LogP contribution in [0, 0.1) is 18.8 Å². The van der Waals surface area contributed by atoms with Crippen LogP contribution in [0.3, 0.4) is 0 Å². The van der Waals surface area contributed by atoms with Crippen LogP contribution in [-0.2, 0) is 14.4 Å². The Morgan fingerprint density at radius 2 is 1.81 bits per heavy atom. The van der Waals surface area contributed by atoms with Crippen LogP contribution in [0.1, 0.15) is 30.5 Å². The average Bonchev–Trinajstić information content (AvgIpc) is 3.28. The van der Waals surface area contributed by atoms with Gasteiger partial charge < -0.3 is 14.9 Å². The fourth-order valence-electron chi connectivity index (χ4n) is 4.74. The Morgan fingerprint density at radius 1 is 1.12 bits per heavy atom. The van der Waals surface area contributed by atoms with Gasteiger partial charge in [-0.3, -0.25) is 19.7 Å². The van der Waals surface area contributed by atoms with Crippen molar-refractivity contribution in [2.45, 2.75) is 31.8 Å². The molecule has 32 heavy (non-hydrogen) atoms. The van der Waals surface area contributed by atoms with Gasteiger partial charge in [-0.1, -0.05) is 37.3 Å². The summed E-state index contributed by atoms with van der Waals surface area (Å²) in [7, 11) is 0. The van der Waals surface area contributed by atoms with Crippen molar-refractivity contribution >= 4 is 23.5 Å². The fourth-order valence-corrected chi connectivity index (χ4v) is 4.74. The molecule has 0 radical (unpaired) electrons. The quantitative estimate of drug-likeness (QED) is 0.567. The van der Waals surface area contributed by atoms with Crippen LogP contribution in [0.25, 0.3) is 0 Å². The number of benzene rings is 2. The standard InChI is InChI=1S/C24H26N2O6/c1-3-12-32-16-10-8-15(9-11-16)20-18-19(24(13-27,25-20)23(30)31)22(29)26(21(18)28)17-7-5-4-6-14(17)2/h4-11,18-20,25,27H,3,12-13H2,1-2H3,(H,30,31). The van der Waals surface area contributed by atoms with Crippen LogP contribution in [0.2, 0.25) is 0 Å². The van der Waals surface area contributed by atoms with Crippen LogP contribution < -0.4 is 15.0 Å². The van der Waals surface area contributed by atoms with Crippen molar-refractivity contribution in [3.05, 3.63) is 59.7 Å². The van der Waals surface area contributed by atoms with E-state index in [9.17, 15) is 24.6 Å². The number of carboxylic acids is 1. The Morgan fingerprint density at radius 3 is 2.41 bits per heavy atom. The maximum atomic E-state index is 13.5. The highest BCUT2D eigenvalue weighted by Crippen LogP contribution is 2.50. The largest absolute Gasteiger partial charge is 0.494 e. The Hall–Kier alpha value is -3.23. The maximum Gasteiger partial charge on any atom is 0.327 e. The number of aliphatic hydroxyl groups excluding tert-OH is 1. The van der Waals surface area contributed by atoms with Gasteiger partial charge >= 0.3 is 5.97 Å². The summed E-state index contributed by atoms with van der Waals surface area (Å²) in [5.74, 6) is -4.01. The molecule has 2 aliphatic heterocycles. The second-order valence-electron chi connectivity index (χ2n) is 8.28. The predicted octanol–water partition coefficient (Wildman–Crippen LogP) is 2.05. The van der Waals surface area contributed by atoms with Gasteiger partial charge in [-0.2, -0.15) is 0 Å². The van der Waals surface area contributed by atoms with Gasteiger partial charge in [0.05, 0.1) is 30.7 Å². The maximum absolute atomic E-state index is 13.5. The molecule has 8 heteroatoms. The summed E-state index contributed by atoms with van der Waals surface area (Å²) < 4.78 is 5.60. The number of nitrogens with one attached hydrogen (secondary N) is 1. The molecule has 0 saturated carbocycles. The number of para-hydroxylation sites is 1. The second-order valence-corrected chi connectivity index (χ2v) is 8.28. The summed E-state index contributed by atoms with van der Waals surface area (Å²) in [6, 6.07) is 13.2. The van der Waals surface area contributed by atoms with Gasteiger partial charge in [0.1, 0.15) is 5.75 Å². The second kappa shape index (κ2) is 8.37. The minimum Gasteiger partial charge on any atom is -0.494 e. The Kier molecular flexibility index (Phi) is 5.75. The van der Waals surface area contributed by atoms with Crippen LogP contribution in [0.15, 0.2) is 48.5 Å². The van der Waals surface area contributed by atoms with Gasteiger partial charge in [-0.05, 0) is 42.7 Å². The number of aryl methyl sites for hydroxylation is 1. The number of carbonyl (C=O) groups is 3. The van der Waals surface area contributed by atoms with E-state index in [1.165, 1.54) is 0 Å². The highest BCUT2D eigenvalue weighted by Gasteiger charge is 2.68. The van der Waals surface area contributed by atoms with E-state index in [-0.39, 0.29) is 0 Å². The highest BCUT2D eigenvalue weighted by molar-refractivity contribution is 6.24. The first-order valence-electron chi connectivity index (χ1n) is 10.6. The zero-order chi connectivity index (χ0) is 23.0. The van der Waals surface area contributed by atoms with Crippen molar-refractivity contribution in [3.63, 3.8) is 0 Å². The lowest BCUT2D eigenvalue weighted by Gasteiger charge is -2.29. The number of imide groups is 1. The predicted molar refractivity (Wildman–Crippen MR) is 116 cm³/mol. The summed E-state index contributed by atoms with van der Waals surface area (Å²) >= 11 is 0. The Balaban J connectivity index is 1.77. The first-order valence-corrected chi connectivity index (χ1v) is 10.6. The molecule has 4 rings (SSSR count). The van der Waals surface area contributed by atoms with Gasteiger partial charge in [-0.25, -0.2) is 4.90 Å². The number of ether oxygens (including phenoxy) is 1. The highest BCUT2D eigenvalue weighted by atomic mass is 16.5.